The third kappa shape index (κ3) is 6.25. The van der Waals surface area contributed by atoms with Crippen LogP contribution in [0.3, 0.4) is 0 Å². The zero-order chi connectivity index (χ0) is 22.2. The predicted octanol–water partition coefficient (Wildman–Crippen LogP) is 5.72. The number of thioether (sulfide) groups is 1. The van der Waals surface area contributed by atoms with Crippen LogP contribution in [0.4, 0.5) is 0 Å². The molecule has 162 valence electrons. The molecule has 6 heteroatoms. The summed E-state index contributed by atoms with van der Waals surface area (Å²) in [5.41, 5.74) is 4.56. The summed E-state index contributed by atoms with van der Waals surface area (Å²) in [7, 11) is 0. The summed E-state index contributed by atoms with van der Waals surface area (Å²) >= 11 is 7.68. The molecule has 0 radical (unpaired) electrons. The molecule has 1 atom stereocenters. The maximum absolute atomic E-state index is 12.6. The smallest absolute Gasteiger partial charge is 0.230 e. The molecule has 0 spiro atoms. The molecule has 4 aromatic rings. The van der Waals surface area contributed by atoms with E-state index in [0.29, 0.717) is 17.3 Å². The van der Waals surface area contributed by atoms with E-state index in [2.05, 4.69) is 34.6 Å². The first-order chi connectivity index (χ1) is 15.7. The fraction of sp³-hybridized carbons (Fsp3) is 0.154. The standard InChI is InChI=1S/C26H24ClN3OS/c27-24-11-9-23(10-12-24)26(22-7-2-1-3-8-22)32-18-25(31)29-16-20-5-4-6-21(15-20)17-30-14-13-28-19-30/h1-15,19,26H,16-18H2,(H,29,31). The van der Waals surface area contributed by atoms with Gasteiger partial charge < -0.3 is 9.88 Å². The van der Waals surface area contributed by atoms with Crippen molar-refractivity contribution < 1.29 is 4.79 Å². The van der Waals surface area contributed by atoms with E-state index >= 15 is 0 Å². The molecule has 4 rings (SSSR count). The van der Waals surface area contributed by atoms with Gasteiger partial charge in [-0.05, 0) is 34.4 Å². The average molecular weight is 462 g/mol. The highest BCUT2D eigenvalue weighted by molar-refractivity contribution is 8.00. The third-order valence-electron chi connectivity index (χ3n) is 5.06. The van der Waals surface area contributed by atoms with Gasteiger partial charge in [0.1, 0.15) is 0 Å². The van der Waals surface area contributed by atoms with Crippen LogP contribution in [0.5, 0.6) is 0 Å². The molecule has 0 bridgehead atoms. The quantitative estimate of drug-likeness (QED) is 0.346. The normalized spacial score (nSPS) is 11.8. The first-order valence-corrected chi connectivity index (χ1v) is 11.8. The molecule has 1 heterocycles. The molecule has 1 unspecified atom stereocenters. The van der Waals surface area contributed by atoms with Crippen LogP contribution in [0, 0.1) is 0 Å². The Morgan fingerprint density at radius 1 is 0.969 bits per heavy atom. The number of hydrogen-bond donors (Lipinski definition) is 1. The lowest BCUT2D eigenvalue weighted by Gasteiger charge is -2.18. The van der Waals surface area contributed by atoms with Gasteiger partial charge in [-0.2, -0.15) is 0 Å². The summed E-state index contributed by atoms with van der Waals surface area (Å²) in [6.45, 7) is 1.27. The second kappa shape index (κ2) is 11.0. The minimum absolute atomic E-state index is 0.0184. The van der Waals surface area contributed by atoms with E-state index in [1.165, 1.54) is 11.1 Å². The Bertz CT molecular complexity index is 1130. The molecular weight excluding hydrogens is 438 g/mol. The van der Waals surface area contributed by atoms with E-state index in [1.807, 2.05) is 65.4 Å². The van der Waals surface area contributed by atoms with Gasteiger partial charge in [-0.3, -0.25) is 4.79 Å². The first-order valence-electron chi connectivity index (χ1n) is 10.4. The Morgan fingerprint density at radius 2 is 1.72 bits per heavy atom. The molecule has 1 aromatic heterocycles. The monoisotopic (exact) mass is 461 g/mol. The van der Waals surface area contributed by atoms with E-state index in [9.17, 15) is 4.79 Å². The lowest BCUT2D eigenvalue weighted by Crippen LogP contribution is -2.25. The van der Waals surface area contributed by atoms with Gasteiger partial charge >= 0.3 is 0 Å². The topological polar surface area (TPSA) is 46.9 Å². The van der Waals surface area contributed by atoms with Crippen LogP contribution in [-0.4, -0.2) is 21.2 Å². The predicted molar refractivity (Wildman–Crippen MR) is 132 cm³/mol. The number of amides is 1. The number of hydrogen-bond acceptors (Lipinski definition) is 3. The molecule has 0 fully saturated rings. The van der Waals surface area contributed by atoms with Gasteiger partial charge in [0.2, 0.25) is 5.91 Å². The molecule has 0 aliphatic carbocycles. The number of halogens is 1. The van der Waals surface area contributed by atoms with Crippen LogP contribution in [-0.2, 0) is 17.9 Å². The molecule has 3 aromatic carbocycles. The minimum atomic E-state index is 0.0184. The van der Waals surface area contributed by atoms with Gasteiger partial charge in [-0.1, -0.05) is 78.3 Å². The van der Waals surface area contributed by atoms with Crippen LogP contribution >= 0.6 is 23.4 Å². The van der Waals surface area contributed by atoms with Gasteiger partial charge in [0, 0.05) is 30.5 Å². The lowest BCUT2D eigenvalue weighted by molar-refractivity contribution is -0.118. The van der Waals surface area contributed by atoms with Crippen molar-refractivity contribution in [1.29, 1.82) is 0 Å². The number of aromatic nitrogens is 2. The molecule has 4 nitrogen and oxygen atoms in total. The van der Waals surface area contributed by atoms with Crippen LogP contribution in [0.15, 0.2) is 97.6 Å². The Labute approximate surface area is 197 Å². The molecule has 32 heavy (non-hydrogen) atoms. The van der Waals surface area contributed by atoms with Crippen molar-refractivity contribution in [2.45, 2.75) is 18.3 Å². The van der Waals surface area contributed by atoms with E-state index < -0.39 is 0 Å². The lowest BCUT2D eigenvalue weighted by atomic mass is 10.0. The molecular formula is C26H24ClN3OS. The summed E-state index contributed by atoms with van der Waals surface area (Å²) in [4.78, 5) is 16.7. The Balaban J connectivity index is 1.35. The Hall–Kier alpha value is -3.02. The van der Waals surface area contributed by atoms with Crippen molar-refractivity contribution in [3.63, 3.8) is 0 Å². The van der Waals surface area contributed by atoms with Gasteiger partial charge in [-0.15, -0.1) is 11.8 Å². The summed E-state index contributed by atoms with van der Waals surface area (Å²) in [6, 6.07) is 26.3. The van der Waals surface area contributed by atoms with Crippen LogP contribution < -0.4 is 5.32 Å². The molecule has 1 N–H and O–H groups in total. The average Bonchev–Trinajstić information content (AvgIpc) is 3.33. The van der Waals surface area contributed by atoms with E-state index in [0.717, 1.165) is 17.7 Å². The van der Waals surface area contributed by atoms with Crippen molar-refractivity contribution in [1.82, 2.24) is 14.9 Å². The Kier molecular flexibility index (Phi) is 7.64. The van der Waals surface area contributed by atoms with Crippen molar-refractivity contribution in [3.8, 4) is 0 Å². The zero-order valence-electron chi connectivity index (χ0n) is 17.5. The molecule has 0 saturated carbocycles. The van der Waals surface area contributed by atoms with Crippen molar-refractivity contribution >= 4 is 29.3 Å². The largest absolute Gasteiger partial charge is 0.351 e. The van der Waals surface area contributed by atoms with Crippen molar-refractivity contribution in [3.05, 3.63) is 125 Å². The Morgan fingerprint density at radius 3 is 2.47 bits per heavy atom. The van der Waals surface area contributed by atoms with E-state index in [-0.39, 0.29) is 11.2 Å². The highest BCUT2D eigenvalue weighted by Crippen LogP contribution is 2.35. The number of carbonyl (C=O) groups excluding carboxylic acids is 1. The van der Waals surface area contributed by atoms with Crippen LogP contribution in [0.2, 0.25) is 5.02 Å². The molecule has 1 amide bonds. The number of imidazole rings is 1. The number of rotatable bonds is 9. The third-order valence-corrected chi connectivity index (χ3v) is 6.62. The summed E-state index contributed by atoms with van der Waals surface area (Å²) < 4.78 is 2.02. The van der Waals surface area contributed by atoms with Gasteiger partial charge in [0.25, 0.3) is 0 Å². The van der Waals surface area contributed by atoms with Crippen LogP contribution in [0.25, 0.3) is 0 Å². The second-order valence-corrected chi connectivity index (χ2v) is 9.01. The maximum Gasteiger partial charge on any atom is 0.230 e. The first kappa shape index (κ1) is 22.2. The van der Waals surface area contributed by atoms with E-state index in [1.54, 1.807) is 24.3 Å². The van der Waals surface area contributed by atoms with Gasteiger partial charge in [-0.25, -0.2) is 4.98 Å². The number of nitrogens with zero attached hydrogens (tertiary/aromatic N) is 2. The molecule has 0 saturated heterocycles. The number of benzene rings is 3. The van der Waals surface area contributed by atoms with Gasteiger partial charge in [0.05, 0.1) is 17.3 Å². The second-order valence-electron chi connectivity index (χ2n) is 7.48. The van der Waals surface area contributed by atoms with Crippen molar-refractivity contribution in [2.24, 2.45) is 0 Å². The highest BCUT2D eigenvalue weighted by Gasteiger charge is 2.16. The number of carbonyl (C=O) groups is 1. The molecule has 0 aliphatic heterocycles. The molecule has 0 aliphatic rings. The highest BCUT2D eigenvalue weighted by atomic mass is 35.5. The number of nitrogens with one attached hydrogen (secondary N) is 1. The fourth-order valence-electron chi connectivity index (χ4n) is 3.49. The van der Waals surface area contributed by atoms with E-state index in [4.69, 9.17) is 11.6 Å². The minimum Gasteiger partial charge on any atom is -0.351 e. The van der Waals surface area contributed by atoms with Crippen LogP contribution in [0.1, 0.15) is 27.5 Å². The summed E-state index contributed by atoms with van der Waals surface area (Å²) in [6.07, 6.45) is 5.51. The van der Waals surface area contributed by atoms with Gasteiger partial charge in [0.15, 0.2) is 0 Å². The summed E-state index contributed by atoms with van der Waals surface area (Å²) in [5, 5.41) is 3.83. The summed E-state index contributed by atoms with van der Waals surface area (Å²) in [5.74, 6) is 0.390. The fourth-order valence-corrected chi connectivity index (χ4v) is 4.74. The maximum atomic E-state index is 12.6. The van der Waals surface area contributed by atoms with Crippen molar-refractivity contribution in [2.75, 3.05) is 5.75 Å². The zero-order valence-corrected chi connectivity index (χ0v) is 19.1. The SMILES string of the molecule is O=C(CSC(c1ccccc1)c1ccc(Cl)cc1)NCc1cccc(Cn2ccnc2)c1.